The number of piperidine rings is 1. The third-order valence-electron chi connectivity index (χ3n) is 6.03. The largest absolute Gasteiger partial charge is 0.488 e. The zero-order chi connectivity index (χ0) is 25.2. The van der Waals surface area contributed by atoms with Crippen LogP contribution < -0.4 is 14.8 Å². The third kappa shape index (κ3) is 6.15. The van der Waals surface area contributed by atoms with Gasteiger partial charge in [0.2, 0.25) is 5.88 Å². The van der Waals surface area contributed by atoms with Crippen molar-refractivity contribution in [2.75, 3.05) is 20.3 Å². The Morgan fingerprint density at radius 3 is 2.77 bits per heavy atom. The van der Waals surface area contributed by atoms with Crippen LogP contribution in [0.2, 0.25) is 5.02 Å². The molecule has 10 heteroatoms. The molecule has 2 aliphatic heterocycles. The maximum absolute atomic E-state index is 13.1. The Morgan fingerprint density at radius 1 is 1.34 bits per heavy atom. The number of nitrogens with one attached hydrogen (secondary N) is 1. The molecule has 2 N–H and O–H groups in total. The summed E-state index contributed by atoms with van der Waals surface area (Å²) >= 11 is 5.93. The fourth-order valence-corrected chi connectivity index (χ4v) is 4.43. The van der Waals surface area contributed by atoms with E-state index < -0.39 is 5.60 Å². The molecule has 0 radical (unpaired) electrons. The number of rotatable bonds is 8. The minimum atomic E-state index is -1.05. The molecule has 0 unspecified atom stereocenters. The molecule has 188 valence electrons. The molecule has 4 rings (SSSR count). The number of ether oxygens (including phenoxy) is 3. The van der Waals surface area contributed by atoms with Gasteiger partial charge in [-0.1, -0.05) is 23.7 Å². The summed E-state index contributed by atoms with van der Waals surface area (Å²) < 4.78 is 16.9. The lowest BCUT2D eigenvalue weighted by atomic mass is 9.99. The summed E-state index contributed by atoms with van der Waals surface area (Å²) in [4.78, 5) is 31.1. The number of halogens is 1. The Balaban J connectivity index is 1.56. The first kappa shape index (κ1) is 25.1. The number of carbonyl (C=O) groups excluding carboxylic acids is 2. The van der Waals surface area contributed by atoms with Crippen molar-refractivity contribution in [1.82, 2.24) is 15.2 Å². The summed E-state index contributed by atoms with van der Waals surface area (Å²) in [6.45, 7) is 4.53. The van der Waals surface area contributed by atoms with Gasteiger partial charge in [-0.15, -0.1) is 0 Å². The number of cyclic esters (lactones) is 1. The van der Waals surface area contributed by atoms with E-state index >= 15 is 0 Å². The first-order valence-electron chi connectivity index (χ1n) is 11.6. The number of aliphatic hydroxyl groups is 1. The summed E-state index contributed by atoms with van der Waals surface area (Å²) in [5.74, 6) is 0.191. The number of hydrogen-bond acceptors (Lipinski definition) is 7. The molecule has 2 atom stereocenters. The van der Waals surface area contributed by atoms with Crippen molar-refractivity contribution >= 4 is 23.6 Å². The predicted molar refractivity (Wildman–Crippen MR) is 129 cm³/mol. The molecule has 2 amide bonds. The first-order chi connectivity index (χ1) is 16.6. The molecule has 2 aromatic rings. The predicted octanol–water partition coefficient (Wildman–Crippen LogP) is 3.35. The van der Waals surface area contributed by atoms with Crippen molar-refractivity contribution in [2.24, 2.45) is 0 Å². The average molecular weight is 504 g/mol. The van der Waals surface area contributed by atoms with Crippen molar-refractivity contribution in [3.63, 3.8) is 0 Å². The second-order valence-electron chi connectivity index (χ2n) is 9.48. The molecular formula is C25H30ClN3O6. The molecule has 2 aliphatic rings. The number of fused-ring (bicyclic) bond motifs is 1. The highest BCUT2D eigenvalue weighted by atomic mass is 35.5. The van der Waals surface area contributed by atoms with Gasteiger partial charge in [-0.3, -0.25) is 4.79 Å². The highest BCUT2D eigenvalue weighted by molar-refractivity contribution is 6.30. The van der Waals surface area contributed by atoms with E-state index in [0.29, 0.717) is 49.0 Å². The Hall–Kier alpha value is -3.04. The number of benzene rings is 1. The van der Waals surface area contributed by atoms with Gasteiger partial charge >= 0.3 is 6.09 Å². The van der Waals surface area contributed by atoms with Crippen LogP contribution in [0.25, 0.3) is 0 Å². The van der Waals surface area contributed by atoms with Gasteiger partial charge in [-0.05, 0) is 31.5 Å². The lowest BCUT2D eigenvalue weighted by Crippen LogP contribution is -2.44. The Kier molecular flexibility index (Phi) is 7.37. The standard InChI is InChI=1S/C25H30ClN3O6/c1-25(2,32)12-20-21(35-18-8-9-29-17(10-18)14-34-24(29)31)11-19(23(28-20)33-3)22(30)27-13-15-4-6-16(26)7-5-15/h4-7,11,17-18,32H,8-10,12-14H2,1-3H3,(H,27,30)/t17-,18-/m0/s1. The van der Waals surface area contributed by atoms with Crippen LogP contribution in [-0.4, -0.2) is 65.0 Å². The van der Waals surface area contributed by atoms with Gasteiger partial charge < -0.3 is 29.5 Å². The van der Waals surface area contributed by atoms with Gasteiger partial charge in [0.25, 0.3) is 5.91 Å². The van der Waals surface area contributed by atoms with Gasteiger partial charge in [-0.25, -0.2) is 9.78 Å². The monoisotopic (exact) mass is 503 g/mol. The SMILES string of the molecule is COc1nc(CC(C)(C)O)c(O[C@H]2CCN3C(=O)OC[C@@H]3C2)cc1C(=O)NCc1ccc(Cl)cc1. The van der Waals surface area contributed by atoms with Crippen LogP contribution in [0.5, 0.6) is 11.6 Å². The third-order valence-corrected chi connectivity index (χ3v) is 6.28. The van der Waals surface area contributed by atoms with Gasteiger partial charge in [0.15, 0.2) is 0 Å². The van der Waals surface area contributed by atoms with Crippen molar-refractivity contribution in [1.29, 1.82) is 0 Å². The normalized spacial score (nSPS) is 19.7. The highest BCUT2D eigenvalue weighted by Gasteiger charge is 2.39. The number of nitrogens with zero attached hydrogens (tertiary/aromatic N) is 2. The van der Waals surface area contributed by atoms with Crippen LogP contribution in [0.1, 0.15) is 48.3 Å². The van der Waals surface area contributed by atoms with Crippen molar-refractivity contribution < 1.29 is 28.9 Å². The molecule has 0 aliphatic carbocycles. The molecule has 9 nitrogen and oxygen atoms in total. The van der Waals surface area contributed by atoms with Gasteiger partial charge in [0.1, 0.15) is 24.0 Å². The number of carbonyl (C=O) groups is 2. The van der Waals surface area contributed by atoms with E-state index in [0.717, 1.165) is 5.56 Å². The summed E-state index contributed by atoms with van der Waals surface area (Å²) in [5.41, 5.74) is 0.561. The minimum absolute atomic E-state index is 0.0349. The Bertz CT molecular complexity index is 1090. The molecule has 1 aromatic carbocycles. The second-order valence-corrected chi connectivity index (χ2v) is 9.91. The molecule has 2 fully saturated rings. The van der Waals surface area contributed by atoms with Crippen LogP contribution in [0.15, 0.2) is 30.3 Å². The van der Waals surface area contributed by atoms with Crippen LogP contribution in [0.4, 0.5) is 4.79 Å². The smallest absolute Gasteiger partial charge is 0.410 e. The van der Waals surface area contributed by atoms with Crippen LogP contribution in [0, 0.1) is 0 Å². The molecule has 0 bridgehead atoms. The topological polar surface area (TPSA) is 110 Å². The summed E-state index contributed by atoms with van der Waals surface area (Å²) in [7, 11) is 1.44. The molecule has 0 spiro atoms. The van der Waals surface area contributed by atoms with Crippen LogP contribution >= 0.6 is 11.6 Å². The second kappa shape index (κ2) is 10.3. The van der Waals surface area contributed by atoms with E-state index in [2.05, 4.69) is 10.3 Å². The summed E-state index contributed by atoms with van der Waals surface area (Å²) in [6.07, 6.45) is 0.957. The summed E-state index contributed by atoms with van der Waals surface area (Å²) in [6, 6.07) is 8.78. The van der Waals surface area contributed by atoms with Crippen LogP contribution in [0.3, 0.4) is 0 Å². The quantitative estimate of drug-likeness (QED) is 0.568. The number of methoxy groups -OCH3 is 1. The summed E-state index contributed by atoms with van der Waals surface area (Å²) in [5, 5.41) is 13.9. The molecule has 1 aromatic heterocycles. The number of aromatic nitrogens is 1. The maximum atomic E-state index is 13.1. The fourth-order valence-electron chi connectivity index (χ4n) is 4.30. The molecule has 2 saturated heterocycles. The van der Waals surface area contributed by atoms with Crippen molar-refractivity contribution in [3.8, 4) is 11.6 Å². The van der Waals surface area contributed by atoms with E-state index in [1.807, 2.05) is 12.1 Å². The lowest BCUT2D eigenvalue weighted by molar-refractivity contribution is 0.0727. The highest BCUT2D eigenvalue weighted by Crippen LogP contribution is 2.32. The van der Waals surface area contributed by atoms with E-state index in [4.69, 9.17) is 25.8 Å². The van der Waals surface area contributed by atoms with E-state index in [1.54, 1.807) is 36.9 Å². The number of pyridine rings is 1. The molecule has 35 heavy (non-hydrogen) atoms. The van der Waals surface area contributed by atoms with Gasteiger partial charge in [0, 0.05) is 43.4 Å². The van der Waals surface area contributed by atoms with Gasteiger partial charge in [0.05, 0.1) is 24.4 Å². The van der Waals surface area contributed by atoms with Crippen LogP contribution in [-0.2, 0) is 17.7 Å². The van der Waals surface area contributed by atoms with Crippen molar-refractivity contribution in [3.05, 3.63) is 52.2 Å². The van der Waals surface area contributed by atoms with E-state index in [1.165, 1.54) is 7.11 Å². The number of amides is 2. The van der Waals surface area contributed by atoms with Gasteiger partial charge in [-0.2, -0.15) is 0 Å². The molecule has 3 heterocycles. The average Bonchev–Trinajstić information content (AvgIpc) is 3.18. The van der Waals surface area contributed by atoms with Crippen molar-refractivity contribution in [2.45, 2.75) is 57.4 Å². The zero-order valence-corrected chi connectivity index (χ0v) is 20.8. The zero-order valence-electron chi connectivity index (χ0n) is 20.0. The van der Waals surface area contributed by atoms with E-state index in [-0.39, 0.29) is 42.0 Å². The maximum Gasteiger partial charge on any atom is 0.410 e. The Morgan fingerprint density at radius 2 is 2.09 bits per heavy atom. The van der Waals surface area contributed by atoms with E-state index in [9.17, 15) is 14.7 Å². The molecular weight excluding hydrogens is 474 g/mol. The fraction of sp³-hybridized carbons (Fsp3) is 0.480. The number of hydrogen-bond donors (Lipinski definition) is 2. The minimum Gasteiger partial charge on any atom is -0.488 e. The Labute approximate surface area is 209 Å². The first-order valence-corrected chi connectivity index (χ1v) is 11.9. The lowest BCUT2D eigenvalue weighted by Gasteiger charge is -2.33. The molecule has 0 saturated carbocycles.